The summed E-state index contributed by atoms with van der Waals surface area (Å²) in [6, 6.07) is 21.2. The molecule has 1 fully saturated rings. The average molecular weight is 504 g/mol. The first-order chi connectivity index (χ1) is 17.4. The molecule has 0 bridgehead atoms. The molecular formula is C27H22ClN3O5. The van der Waals surface area contributed by atoms with E-state index in [2.05, 4.69) is 10.3 Å². The predicted octanol–water partition coefficient (Wildman–Crippen LogP) is 4.44. The number of fused-ring (bicyclic) bond motifs is 1. The summed E-state index contributed by atoms with van der Waals surface area (Å²) < 4.78 is 6.74. The van der Waals surface area contributed by atoms with Crippen LogP contribution in [0.25, 0.3) is 22.0 Å². The second-order valence-electron chi connectivity index (χ2n) is 8.85. The van der Waals surface area contributed by atoms with Crippen LogP contribution in [0.1, 0.15) is 12.8 Å². The molecule has 0 aliphatic heterocycles. The maximum Gasteiger partial charge on any atom is 0.315 e. The quantitative estimate of drug-likeness (QED) is 0.305. The first kappa shape index (κ1) is 23.7. The lowest BCUT2D eigenvalue weighted by Gasteiger charge is -2.20. The minimum absolute atomic E-state index is 0.0627. The van der Waals surface area contributed by atoms with Crippen molar-refractivity contribution < 1.29 is 19.4 Å². The van der Waals surface area contributed by atoms with Crippen molar-refractivity contribution in [3.8, 4) is 16.9 Å². The van der Waals surface area contributed by atoms with Gasteiger partial charge >= 0.3 is 11.9 Å². The molecule has 1 heterocycles. The van der Waals surface area contributed by atoms with E-state index in [-0.39, 0.29) is 12.1 Å². The van der Waals surface area contributed by atoms with E-state index in [1.807, 2.05) is 24.3 Å². The maximum atomic E-state index is 13.0. The molecule has 36 heavy (non-hydrogen) atoms. The van der Waals surface area contributed by atoms with Gasteiger partial charge < -0.3 is 9.84 Å². The Bertz CT molecular complexity index is 1480. The van der Waals surface area contributed by atoms with Crippen LogP contribution in [-0.4, -0.2) is 32.0 Å². The SMILES string of the molecule is O=C(O)[C@@H]1[C@H](Cn2nnc3ccccc3c2=O)CC[C@@H]1C(=O)Oc1ccc(-c2ccc(Cl)cc2)cc1. The van der Waals surface area contributed by atoms with Crippen LogP contribution in [0.4, 0.5) is 0 Å². The lowest BCUT2D eigenvalue weighted by atomic mass is 9.89. The number of carboxylic acid groups (broad SMARTS) is 1. The highest BCUT2D eigenvalue weighted by Crippen LogP contribution is 2.39. The predicted molar refractivity (Wildman–Crippen MR) is 134 cm³/mol. The van der Waals surface area contributed by atoms with Crippen molar-refractivity contribution in [3.05, 3.63) is 88.2 Å². The summed E-state index contributed by atoms with van der Waals surface area (Å²) in [4.78, 5) is 37.9. The van der Waals surface area contributed by atoms with Crippen LogP contribution in [0.15, 0.2) is 77.6 Å². The number of esters is 1. The molecule has 0 spiro atoms. The summed E-state index contributed by atoms with van der Waals surface area (Å²) in [5.41, 5.74) is 2.03. The highest BCUT2D eigenvalue weighted by Gasteiger charge is 2.46. The Balaban J connectivity index is 1.30. The molecular weight excluding hydrogens is 482 g/mol. The molecule has 0 unspecified atom stereocenters. The van der Waals surface area contributed by atoms with Gasteiger partial charge in [0.05, 0.1) is 23.8 Å². The third-order valence-corrected chi connectivity index (χ3v) is 6.92. The molecule has 1 N–H and O–H groups in total. The number of carbonyl (C=O) groups is 2. The van der Waals surface area contributed by atoms with E-state index < -0.39 is 29.7 Å². The van der Waals surface area contributed by atoms with E-state index >= 15 is 0 Å². The number of benzene rings is 3. The minimum Gasteiger partial charge on any atom is -0.481 e. The van der Waals surface area contributed by atoms with E-state index in [0.29, 0.717) is 34.5 Å². The summed E-state index contributed by atoms with van der Waals surface area (Å²) >= 11 is 5.94. The number of hydrogen-bond acceptors (Lipinski definition) is 6. The normalized spacial score (nSPS) is 19.3. The number of halogens is 1. The molecule has 1 aliphatic carbocycles. The zero-order chi connectivity index (χ0) is 25.2. The van der Waals surface area contributed by atoms with Crippen LogP contribution in [0.2, 0.25) is 5.02 Å². The van der Waals surface area contributed by atoms with Crippen LogP contribution in [0.5, 0.6) is 5.75 Å². The van der Waals surface area contributed by atoms with E-state index in [9.17, 15) is 19.5 Å². The molecule has 0 amide bonds. The summed E-state index contributed by atoms with van der Waals surface area (Å²) in [6.45, 7) is 0.0627. The fraction of sp³-hybridized carbons (Fsp3) is 0.222. The van der Waals surface area contributed by atoms with Crippen LogP contribution < -0.4 is 10.3 Å². The van der Waals surface area contributed by atoms with Gasteiger partial charge in [-0.05, 0) is 66.3 Å². The summed E-state index contributed by atoms with van der Waals surface area (Å²) in [6.07, 6.45) is 0.798. The van der Waals surface area contributed by atoms with Gasteiger partial charge in [-0.2, -0.15) is 0 Å². The van der Waals surface area contributed by atoms with E-state index in [1.54, 1.807) is 48.5 Å². The molecule has 5 rings (SSSR count). The van der Waals surface area contributed by atoms with Crippen LogP contribution in [0.3, 0.4) is 0 Å². The highest BCUT2D eigenvalue weighted by atomic mass is 35.5. The summed E-state index contributed by atoms with van der Waals surface area (Å²) in [5, 5.41) is 19.0. The van der Waals surface area contributed by atoms with Crippen LogP contribution in [-0.2, 0) is 16.1 Å². The second kappa shape index (κ2) is 9.91. The van der Waals surface area contributed by atoms with Crippen LogP contribution in [0, 0.1) is 17.8 Å². The Morgan fingerprint density at radius 1 is 0.972 bits per heavy atom. The summed E-state index contributed by atoms with van der Waals surface area (Å²) in [5.74, 6) is -3.64. The Hall–Kier alpha value is -4.04. The standard InChI is InChI=1S/C27H22ClN3O5/c28-19-10-5-16(6-11-19)17-7-12-20(13-8-17)36-27(35)22-14-9-18(24(22)26(33)34)15-31-25(32)21-3-1-2-4-23(21)29-30-31/h1-8,10-13,18,22,24H,9,14-15H2,(H,33,34)/t18-,22-,24+/m0/s1. The third kappa shape index (κ3) is 4.72. The zero-order valence-electron chi connectivity index (χ0n) is 19.1. The van der Waals surface area contributed by atoms with Gasteiger partial charge in [0.1, 0.15) is 11.3 Å². The minimum atomic E-state index is -1.10. The molecule has 0 radical (unpaired) electrons. The van der Waals surface area contributed by atoms with Crippen molar-refractivity contribution in [2.24, 2.45) is 17.8 Å². The van der Waals surface area contributed by atoms with Gasteiger partial charge in [0.2, 0.25) is 0 Å². The molecule has 1 aromatic heterocycles. The number of nitrogens with zero attached hydrogens (tertiary/aromatic N) is 3. The van der Waals surface area contributed by atoms with Gasteiger partial charge in [0.25, 0.3) is 5.56 Å². The maximum absolute atomic E-state index is 13.0. The first-order valence-electron chi connectivity index (χ1n) is 11.5. The Morgan fingerprint density at radius 2 is 1.64 bits per heavy atom. The Morgan fingerprint density at radius 3 is 2.33 bits per heavy atom. The molecule has 3 aromatic carbocycles. The molecule has 3 atom stereocenters. The fourth-order valence-corrected chi connectivity index (χ4v) is 4.96. The van der Waals surface area contributed by atoms with Crippen molar-refractivity contribution in [2.45, 2.75) is 19.4 Å². The van der Waals surface area contributed by atoms with Crippen molar-refractivity contribution in [1.29, 1.82) is 0 Å². The lowest BCUT2D eigenvalue weighted by Crippen LogP contribution is -2.35. The van der Waals surface area contributed by atoms with Crippen molar-refractivity contribution in [2.75, 3.05) is 0 Å². The molecule has 0 saturated heterocycles. The lowest BCUT2D eigenvalue weighted by molar-refractivity contribution is -0.152. The highest BCUT2D eigenvalue weighted by molar-refractivity contribution is 6.30. The first-order valence-corrected chi connectivity index (χ1v) is 11.9. The number of ether oxygens (including phenoxy) is 1. The second-order valence-corrected chi connectivity index (χ2v) is 9.29. The van der Waals surface area contributed by atoms with Gasteiger partial charge in [0.15, 0.2) is 0 Å². The molecule has 4 aromatic rings. The van der Waals surface area contributed by atoms with E-state index in [4.69, 9.17) is 16.3 Å². The molecule has 1 aliphatic rings. The summed E-state index contributed by atoms with van der Waals surface area (Å²) in [7, 11) is 0. The van der Waals surface area contributed by atoms with E-state index in [1.165, 1.54) is 4.68 Å². The van der Waals surface area contributed by atoms with Crippen molar-refractivity contribution in [3.63, 3.8) is 0 Å². The Labute approximate surface area is 211 Å². The van der Waals surface area contributed by atoms with Gasteiger partial charge in [0, 0.05) is 5.02 Å². The van der Waals surface area contributed by atoms with Crippen molar-refractivity contribution in [1.82, 2.24) is 15.0 Å². The number of hydrogen-bond donors (Lipinski definition) is 1. The number of rotatable bonds is 6. The van der Waals surface area contributed by atoms with Gasteiger partial charge in [-0.25, -0.2) is 4.68 Å². The number of aromatic nitrogens is 3. The number of carboxylic acids is 1. The third-order valence-electron chi connectivity index (χ3n) is 6.66. The number of aliphatic carboxylic acids is 1. The largest absolute Gasteiger partial charge is 0.481 e. The smallest absolute Gasteiger partial charge is 0.315 e. The average Bonchev–Trinajstić information content (AvgIpc) is 3.31. The van der Waals surface area contributed by atoms with Gasteiger partial charge in [-0.1, -0.05) is 53.2 Å². The fourth-order valence-electron chi connectivity index (χ4n) is 4.84. The van der Waals surface area contributed by atoms with E-state index in [0.717, 1.165) is 11.1 Å². The van der Waals surface area contributed by atoms with Gasteiger partial charge in [-0.3, -0.25) is 14.4 Å². The zero-order valence-corrected chi connectivity index (χ0v) is 19.8. The topological polar surface area (TPSA) is 111 Å². The van der Waals surface area contributed by atoms with Gasteiger partial charge in [-0.15, -0.1) is 5.10 Å². The molecule has 182 valence electrons. The molecule has 1 saturated carbocycles. The van der Waals surface area contributed by atoms with Crippen LogP contribution >= 0.6 is 11.6 Å². The monoisotopic (exact) mass is 503 g/mol. The Kier molecular flexibility index (Phi) is 6.52. The molecule has 9 heteroatoms. The molecule has 8 nitrogen and oxygen atoms in total. The van der Waals surface area contributed by atoms with Crippen molar-refractivity contribution >= 4 is 34.4 Å². The number of carbonyl (C=O) groups excluding carboxylic acids is 1.